The Bertz CT molecular complexity index is 909. The minimum Gasteiger partial charge on any atom is -0.339 e. The summed E-state index contributed by atoms with van der Waals surface area (Å²) in [6.07, 6.45) is -4.70. The third-order valence-electron chi connectivity index (χ3n) is 4.37. The van der Waals surface area contributed by atoms with Crippen LogP contribution in [0.4, 0.5) is 13.2 Å². The molecular weight excluding hydrogens is 345 g/mol. The van der Waals surface area contributed by atoms with E-state index in [1.165, 1.54) is 0 Å². The van der Waals surface area contributed by atoms with E-state index in [1.54, 1.807) is 0 Å². The molecule has 0 saturated carbocycles. The van der Waals surface area contributed by atoms with Gasteiger partial charge in [0.1, 0.15) is 5.82 Å². The molecule has 0 N–H and O–H groups in total. The number of halogens is 3. The van der Waals surface area contributed by atoms with E-state index in [-0.39, 0.29) is 18.2 Å². The molecule has 8 heteroatoms. The molecule has 0 spiro atoms. The van der Waals surface area contributed by atoms with Gasteiger partial charge in [-0.1, -0.05) is 45.0 Å². The first kappa shape index (κ1) is 18.4. The molecule has 140 valence electrons. The molecular formula is C18H21F3N4O. The minimum absolute atomic E-state index is 0.0159. The van der Waals surface area contributed by atoms with Crippen LogP contribution in [0.15, 0.2) is 28.8 Å². The second-order valence-corrected chi connectivity index (χ2v) is 7.36. The van der Waals surface area contributed by atoms with Crippen molar-refractivity contribution in [3.05, 3.63) is 41.8 Å². The lowest BCUT2D eigenvalue weighted by molar-refractivity contribution is -0.212. The van der Waals surface area contributed by atoms with Crippen LogP contribution in [0.1, 0.15) is 51.2 Å². The summed E-state index contributed by atoms with van der Waals surface area (Å²) >= 11 is 0. The zero-order valence-electron chi connectivity index (χ0n) is 15.1. The average Bonchev–Trinajstić information content (AvgIpc) is 3.11. The summed E-state index contributed by atoms with van der Waals surface area (Å²) in [4.78, 5) is 8.80. The molecule has 2 heterocycles. The minimum atomic E-state index is -4.34. The van der Waals surface area contributed by atoms with Crippen LogP contribution in [0.25, 0.3) is 11.0 Å². The van der Waals surface area contributed by atoms with Crippen LogP contribution in [-0.2, 0) is 13.0 Å². The van der Waals surface area contributed by atoms with Crippen LogP contribution in [0.5, 0.6) is 0 Å². The van der Waals surface area contributed by atoms with E-state index in [1.807, 2.05) is 42.7 Å². The van der Waals surface area contributed by atoms with Gasteiger partial charge in [-0.3, -0.25) is 0 Å². The standard InChI is InChI=1S/C18H21F3N4O/c1-11(2)16-22-12-7-5-6-8-13(12)25(16)10-14-23-15(26-24-14)9-17(3,4)18(19,20)21/h5-8,11H,9-10H2,1-4H3. The highest BCUT2D eigenvalue weighted by Crippen LogP contribution is 2.39. The number of hydrogen-bond donors (Lipinski definition) is 0. The summed E-state index contributed by atoms with van der Waals surface area (Å²) in [6.45, 7) is 6.61. The fourth-order valence-corrected chi connectivity index (χ4v) is 2.75. The van der Waals surface area contributed by atoms with E-state index in [0.29, 0.717) is 12.4 Å². The fourth-order valence-electron chi connectivity index (χ4n) is 2.75. The maximum Gasteiger partial charge on any atom is 0.394 e. The molecule has 0 saturated heterocycles. The number of fused-ring (bicyclic) bond motifs is 1. The van der Waals surface area contributed by atoms with Crippen LogP contribution in [0.3, 0.4) is 0 Å². The summed E-state index contributed by atoms with van der Waals surface area (Å²) in [7, 11) is 0. The van der Waals surface area contributed by atoms with Gasteiger partial charge >= 0.3 is 6.18 Å². The SMILES string of the molecule is CC(C)c1nc2ccccc2n1Cc1noc(CC(C)(C)C(F)(F)F)n1. The van der Waals surface area contributed by atoms with Gasteiger partial charge in [0.25, 0.3) is 0 Å². The Kier molecular flexibility index (Phi) is 4.54. The summed E-state index contributed by atoms with van der Waals surface area (Å²) in [6, 6.07) is 7.70. The lowest BCUT2D eigenvalue weighted by atomic mass is 9.88. The summed E-state index contributed by atoms with van der Waals surface area (Å²) in [5.74, 6) is 1.37. The molecule has 26 heavy (non-hydrogen) atoms. The predicted molar refractivity (Wildman–Crippen MR) is 90.8 cm³/mol. The van der Waals surface area contributed by atoms with Crippen molar-refractivity contribution in [3.8, 4) is 0 Å². The van der Waals surface area contributed by atoms with Gasteiger partial charge in [-0.15, -0.1) is 0 Å². The van der Waals surface area contributed by atoms with Crippen LogP contribution < -0.4 is 0 Å². The molecule has 3 aromatic rings. The number of alkyl halides is 3. The summed E-state index contributed by atoms with van der Waals surface area (Å²) < 4.78 is 46.2. The van der Waals surface area contributed by atoms with Crippen molar-refractivity contribution in [3.63, 3.8) is 0 Å². The Labute approximate surface area is 149 Å². The second-order valence-electron chi connectivity index (χ2n) is 7.36. The molecule has 5 nitrogen and oxygen atoms in total. The Morgan fingerprint density at radius 1 is 1.12 bits per heavy atom. The Hall–Kier alpha value is -2.38. The first-order valence-corrected chi connectivity index (χ1v) is 8.42. The third-order valence-corrected chi connectivity index (χ3v) is 4.37. The Morgan fingerprint density at radius 3 is 2.46 bits per heavy atom. The molecule has 0 fully saturated rings. The van der Waals surface area contributed by atoms with Gasteiger partial charge < -0.3 is 9.09 Å². The molecule has 0 aliphatic rings. The van der Waals surface area contributed by atoms with Crippen molar-refractivity contribution in [2.75, 3.05) is 0 Å². The highest BCUT2D eigenvalue weighted by molar-refractivity contribution is 5.76. The van der Waals surface area contributed by atoms with Crippen LogP contribution in [0.2, 0.25) is 0 Å². The van der Waals surface area contributed by atoms with E-state index in [9.17, 15) is 13.2 Å². The number of hydrogen-bond acceptors (Lipinski definition) is 4. The number of rotatable bonds is 5. The second kappa shape index (κ2) is 6.41. The highest BCUT2D eigenvalue weighted by atomic mass is 19.4. The van der Waals surface area contributed by atoms with Gasteiger partial charge in [0.15, 0.2) is 5.82 Å². The first-order valence-electron chi connectivity index (χ1n) is 8.42. The maximum absolute atomic E-state index is 13.0. The number of benzene rings is 1. The maximum atomic E-state index is 13.0. The Morgan fingerprint density at radius 2 is 1.81 bits per heavy atom. The molecule has 1 aromatic carbocycles. The van der Waals surface area contributed by atoms with Crippen LogP contribution >= 0.6 is 0 Å². The fraction of sp³-hybridized carbons (Fsp3) is 0.500. The quantitative estimate of drug-likeness (QED) is 0.655. The molecule has 0 aliphatic carbocycles. The van der Waals surface area contributed by atoms with Crippen LogP contribution in [-0.4, -0.2) is 25.9 Å². The number of para-hydroxylation sites is 2. The van der Waals surface area contributed by atoms with E-state index >= 15 is 0 Å². The van der Waals surface area contributed by atoms with Crippen molar-refractivity contribution in [2.24, 2.45) is 5.41 Å². The summed E-state index contributed by atoms with van der Waals surface area (Å²) in [5, 5.41) is 3.86. The largest absolute Gasteiger partial charge is 0.394 e. The van der Waals surface area contributed by atoms with Gasteiger partial charge in [0.05, 0.1) is 23.0 Å². The van der Waals surface area contributed by atoms with Gasteiger partial charge in [0.2, 0.25) is 5.89 Å². The monoisotopic (exact) mass is 366 g/mol. The van der Waals surface area contributed by atoms with Crippen molar-refractivity contribution in [2.45, 2.75) is 52.8 Å². The van der Waals surface area contributed by atoms with E-state index in [2.05, 4.69) is 15.1 Å². The zero-order valence-corrected chi connectivity index (χ0v) is 15.1. The van der Waals surface area contributed by atoms with Crippen molar-refractivity contribution in [1.82, 2.24) is 19.7 Å². The smallest absolute Gasteiger partial charge is 0.339 e. The van der Waals surface area contributed by atoms with Crippen molar-refractivity contribution < 1.29 is 17.7 Å². The van der Waals surface area contributed by atoms with Crippen molar-refractivity contribution >= 4 is 11.0 Å². The number of nitrogens with zero attached hydrogens (tertiary/aromatic N) is 4. The molecule has 0 atom stereocenters. The summed E-state index contributed by atoms with van der Waals surface area (Å²) in [5.41, 5.74) is -0.141. The van der Waals surface area contributed by atoms with Gasteiger partial charge in [-0.25, -0.2) is 4.98 Å². The number of imidazole rings is 1. The molecule has 0 radical (unpaired) electrons. The number of aromatic nitrogens is 4. The van der Waals surface area contributed by atoms with Gasteiger partial charge in [-0.05, 0) is 12.1 Å². The van der Waals surface area contributed by atoms with E-state index < -0.39 is 11.6 Å². The molecule has 0 aliphatic heterocycles. The van der Waals surface area contributed by atoms with E-state index in [0.717, 1.165) is 30.7 Å². The van der Waals surface area contributed by atoms with Gasteiger partial charge in [0, 0.05) is 12.3 Å². The third kappa shape index (κ3) is 3.45. The normalized spacial score (nSPS) is 13.1. The topological polar surface area (TPSA) is 56.7 Å². The molecule has 0 amide bonds. The lowest BCUT2D eigenvalue weighted by Crippen LogP contribution is -2.34. The Balaban J connectivity index is 1.88. The predicted octanol–water partition coefficient (Wildman–Crippen LogP) is 4.72. The first-order chi connectivity index (χ1) is 12.1. The lowest BCUT2D eigenvalue weighted by Gasteiger charge is -2.25. The molecule has 0 bridgehead atoms. The highest BCUT2D eigenvalue weighted by Gasteiger charge is 2.48. The van der Waals surface area contributed by atoms with Crippen LogP contribution in [0, 0.1) is 5.41 Å². The average molecular weight is 366 g/mol. The van der Waals surface area contributed by atoms with E-state index in [4.69, 9.17) is 4.52 Å². The molecule has 2 aromatic heterocycles. The zero-order chi connectivity index (χ0) is 19.1. The van der Waals surface area contributed by atoms with Gasteiger partial charge in [-0.2, -0.15) is 18.2 Å². The molecule has 0 unspecified atom stereocenters. The molecule has 3 rings (SSSR count). The van der Waals surface area contributed by atoms with Crippen molar-refractivity contribution in [1.29, 1.82) is 0 Å².